The number of hydrogen-bond acceptors (Lipinski definition) is 5. The average Bonchev–Trinajstić information content (AvgIpc) is 2.52. The highest BCUT2D eigenvalue weighted by molar-refractivity contribution is 5.60. The Bertz CT molecular complexity index is 624. The summed E-state index contributed by atoms with van der Waals surface area (Å²) in [6, 6.07) is 14.4. The Kier molecular flexibility index (Phi) is 4.72. The van der Waals surface area contributed by atoms with E-state index in [0.717, 1.165) is 11.8 Å². The van der Waals surface area contributed by atoms with Crippen LogP contribution in [0, 0.1) is 9.81 Å². The lowest BCUT2D eigenvalue weighted by Crippen LogP contribution is -1.95. The van der Waals surface area contributed by atoms with E-state index in [1.807, 2.05) is 30.3 Å². The van der Waals surface area contributed by atoms with Crippen LogP contribution < -0.4 is 4.74 Å². The maximum absolute atomic E-state index is 10.7. The van der Waals surface area contributed by atoms with Crippen LogP contribution in [-0.4, -0.2) is 0 Å². The van der Waals surface area contributed by atoms with Gasteiger partial charge in [0.05, 0.1) is 6.20 Å². The number of benzene rings is 2. The van der Waals surface area contributed by atoms with Crippen molar-refractivity contribution in [1.29, 1.82) is 0 Å². The van der Waals surface area contributed by atoms with Gasteiger partial charge in [-0.3, -0.25) is 0 Å². The van der Waals surface area contributed by atoms with E-state index < -0.39 is 0 Å². The molecule has 0 amide bonds. The third-order valence-electron chi connectivity index (χ3n) is 2.65. The van der Waals surface area contributed by atoms with E-state index in [4.69, 9.17) is 4.74 Å². The molecule has 2 rings (SSSR count). The van der Waals surface area contributed by atoms with Gasteiger partial charge in [0.2, 0.25) is 0 Å². The molecule has 0 saturated heterocycles. The molecule has 0 bridgehead atoms. The van der Waals surface area contributed by atoms with Crippen LogP contribution in [0.15, 0.2) is 65.1 Å². The second-order valence-corrected chi connectivity index (χ2v) is 4.01. The Morgan fingerprint density at radius 3 is 2.55 bits per heavy atom. The van der Waals surface area contributed by atoms with Gasteiger partial charge in [-0.25, -0.2) is 0 Å². The lowest BCUT2D eigenvalue weighted by Gasteiger charge is -2.08. The van der Waals surface area contributed by atoms with E-state index in [9.17, 15) is 9.81 Å². The first kappa shape index (κ1) is 13.6. The molecule has 0 aliphatic carbocycles. The summed E-state index contributed by atoms with van der Waals surface area (Å²) in [6.07, 6.45) is 2.65. The van der Waals surface area contributed by atoms with Crippen molar-refractivity contribution in [2.75, 3.05) is 0 Å². The molecule has 0 saturated carbocycles. The fourth-order valence-corrected chi connectivity index (χ4v) is 1.68. The number of ether oxygens (including phenoxy) is 1. The van der Waals surface area contributed by atoms with Gasteiger partial charge in [0, 0.05) is 0 Å². The van der Waals surface area contributed by atoms with Gasteiger partial charge in [-0.15, -0.1) is 9.81 Å². The SMILES string of the molecule is O=N/C=C/c1ccc(N=O)c(OCc2ccccc2)c1. The first-order chi connectivity index (χ1) is 9.83. The lowest BCUT2D eigenvalue weighted by atomic mass is 10.2. The van der Waals surface area contributed by atoms with Gasteiger partial charge in [0.1, 0.15) is 18.0 Å². The van der Waals surface area contributed by atoms with Crippen molar-refractivity contribution in [2.24, 2.45) is 10.4 Å². The minimum absolute atomic E-state index is 0.220. The van der Waals surface area contributed by atoms with Crippen molar-refractivity contribution >= 4 is 11.8 Å². The minimum atomic E-state index is 0.220. The van der Waals surface area contributed by atoms with Crippen molar-refractivity contribution in [2.45, 2.75) is 6.61 Å². The quantitative estimate of drug-likeness (QED) is 0.729. The van der Waals surface area contributed by atoms with Crippen molar-refractivity contribution < 1.29 is 4.74 Å². The second kappa shape index (κ2) is 6.94. The van der Waals surface area contributed by atoms with E-state index in [-0.39, 0.29) is 5.69 Å². The van der Waals surface area contributed by atoms with Gasteiger partial charge in [0.25, 0.3) is 0 Å². The molecule has 2 aromatic rings. The summed E-state index contributed by atoms with van der Waals surface area (Å²) in [7, 11) is 0. The van der Waals surface area contributed by atoms with Crippen LogP contribution in [0.3, 0.4) is 0 Å². The molecular formula is C15H12N2O3. The van der Waals surface area contributed by atoms with Crippen LogP contribution in [-0.2, 0) is 6.61 Å². The highest BCUT2D eigenvalue weighted by Crippen LogP contribution is 2.29. The zero-order valence-electron chi connectivity index (χ0n) is 10.6. The van der Waals surface area contributed by atoms with Crippen molar-refractivity contribution in [3.63, 3.8) is 0 Å². The molecule has 20 heavy (non-hydrogen) atoms. The molecule has 0 unspecified atom stereocenters. The van der Waals surface area contributed by atoms with Gasteiger partial charge in [-0.2, -0.15) is 0 Å². The Morgan fingerprint density at radius 1 is 1.05 bits per heavy atom. The Labute approximate surface area is 115 Å². The maximum atomic E-state index is 10.7. The predicted molar refractivity (Wildman–Crippen MR) is 77.5 cm³/mol. The van der Waals surface area contributed by atoms with E-state index in [2.05, 4.69) is 10.4 Å². The Morgan fingerprint density at radius 2 is 1.85 bits per heavy atom. The number of hydrogen-bond donors (Lipinski definition) is 0. The predicted octanol–water partition coefficient (Wildman–Crippen LogP) is 4.40. The summed E-state index contributed by atoms with van der Waals surface area (Å²) in [4.78, 5) is 20.8. The average molecular weight is 268 g/mol. The van der Waals surface area contributed by atoms with Crippen LogP contribution in [0.5, 0.6) is 5.75 Å². The van der Waals surface area contributed by atoms with Crippen LogP contribution in [0.4, 0.5) is 5.69 Å². The highest BCUT2D eigenvalue weighted by Gasteiger charge is 2.05. The molecule has 0 fully saturated rings. The summed E-state index contributed by atoms with van der Waals surface area (Å²) < 4.78 is 5.60. The van der Waals surface area contributed by atoms with Crippen LogP contribution in [0.25, 0.3) is 6.08 Å². The van der Waals surface area contributed by atoms with Gasteiger partial charge in [0.15, 0.2) is 0 Å². The molecule has 0 atom stereocenters. The largest absolute Gasteiger partial charge is 0.486 e. The Balaban J connectivity index is 2.18. The van der Waals surface area contributed by atoms with E-state index >= 15 is 0 Å². The van der Waals surface area contributed by atoms with E-state index in [1.165, 1.54) is 12.1 Å². The third kappa shape index (κ3) is 3.58. The molecule has 2 aromatic carbocycles. The molecule has 5 heteroatoms. The van der Waals surface area contributed by atoms with Crippen molar-refractivity contribution in [3.05, 3.63) is 75.7 Å². The fraction of sp³-hybridized carbons (Fsp3) is 0.0667. The maximum Gasteiger partial charge on any atom is 0.149 e. The Hall–Kier alpha value is -2.82. The number of nitroso groups, excluding NO2 is 2. The zero-order chi connectivity index (χ0) is 14.2. The fourth-order valence-electron chi connectivity index (χ4n) is 1.68. The lowest BCUT2D eigenvalue weighted by molar-refractivity contribution is 0.307. The second-order valence-electron chi connectivity index (χ2n) is 4.01. The highest BCUT2D eigenvalue weighted by atomic mass is 16.5. The summed E-state index contributed by atoms with van der Waals surface area (Å²) >= 11 is 0. The summed E-state index contributed by atoms with van der Waals surface area (Å²) in [5.74, 6) is 0.372. The molecule has 0 aromatic heterocycles. The van der Waals surface area contributed by atoms with Crippen LogP contribution in [0.2, 0.25) is 0 Å². The topological polar surface area (TPSA) is 68.1 Å². The standard InChI is InChI=1S/C15H12N2O3/c18-16-9-8-12-6-7-14(17-19)15(10-12)20-11-13-4-2-1-3-5-13/h1-10H,11H2/b9-8+. The normalized spacial score (nSPS) is 10.4. The van der Waals surface area contributed by atoms with Crippen LogP contribution >= 0.6 is 0 Å². The molecular weight excluding hydrogens is 256 g/mol. The molecule has 100 valence electrons. The first-order valence-corrected chi connectivity index (χ1v) is 5.96. The number of rotatable bonds is 6. The van der Waals surface area contributed by atoms with Gasteiger partial charge < -0.3 is 4.74 Å². The summed E-state index contributed by atoms with van der Waals surface area (Å²) in [6.45, 7) is 0.336. The van der Waals surface area contributed by atoms with Gasteiger partial charge >= 0.3 is 0 Å². The zero-order valence-corrected chi connectivity index (χ0v) is 10.6. The molecule has 0 radical (unpaired) electrons. The molecule has 0 aliphatic rings. The molecule has 0 aliphatic heterocycles. The van der Waals surface area contributed by atoms with Crippen LogP contribution in [0.1, 0.15) is 11.1 Å². The van der Waals surface area contributed by atoms with E-state index in [1.54, 1.807) is 12.1 Å². The first-order valence-electron chi connectivity index (χ1n) is 5.96. The smallest absolute Gasteiger partial charge is 0.149 e. The molecule has 0 heterocycles. The molecule has 0 N–H and O–H groups in total. The van der Waals surface area contributed by atoms with Gasteiger partial charge in [-0.05, 0) is 39.7 Å². The van der Waals surface area contributed by atoms with Gasteiger partial charge in [-0.1, -0.05) is 36.4 Å². The summed E-state index contributed by atoms with van der Waals surface area (Å²) in [5.41, 5.74) is 1.91. The third-order valence-corrected chi connectivity index (χ3v) is 2.65. The van der Waals surface area contributed by atoms with Crippen molar-refractivity contribution in [3.8, 4) is 5.75 Å². The number of nitrogens with zero attached hydrogens (tertiary/aromatic N) is 2. The summed E-state index contributed by atoms with van der Waals surface area (Å²) in [5, 5.41) is 5.56. The molecule has 5 nitrogen and oxygen atoms in total. The molecule has 0 spiro atoms. The monoisotopic (exact) mass is 268 g/mol. The van der Waals surface area contributed by atoms with Crippen molar-refractivity contribution in [1.82, 2.24) is 0 Å². The van der Waals surface area contributed by atoms with E-state index in [0.29, 0.717) is 17.9 Å². The minimum Gasteiger partial charge on any atom is -0.486 e.